The SMILES string of the molecule is CC(C)CN1C=CCN(S(=O)(=O)c2ccc([N+](=O)[O-])cc2)[C@@H](Cc2ccccc2)C1=O. The summed E-state index contributed by atoms with van der Waals surface area (Å²) in [6.07, 6.45) is 3.53. The molecule has 164 valence electrons. The normalized spacial score (nSPS) is 17.7. The molecular formula is C22H25N3O5S. The van der Waals surface area contributed by atoms with Crippen LogP contribution >= 0.6 is 0 Å². The molecule has 1 aliphatic heterocycles. The zero-order valence-corrected chi connectivity index (χ0v) is 18.2. The number of benzene rings is 2. The molecule has 1 amide bonds. The van der Waals surface area contributed by atoms with Crippen molar-refractivity contribution in [3.8, 4) is 0 Å². The van der Waals surface area contributed by atoms with Crippen molar-refractivity contribution >= 4 is 21.6 Å². The molecule has 2 aromatic carbocycles. The molecule has 0 bridgehead atoms. The summed E-state index contributed by atoms with van der Waals surface area (Å²) in [7, 11) is -4.07. The fourth-order valence-corrected chi connectivity index (χ4v) is 5.04. The number of nitro groups is 1. The van der Waals surface area contributed by atoms with Crippen LogP contribution in [0.1, 0.15) is 19.4 Å². The molecule has 3 rings (SSSR count). The lowest BCUT2D eigenvalue weighted by Crippen LogP contribution is -2.49. The second kappa shape index (κ2) is 9.40. The summed E-state index contributed by atoms with van der Waals surface area (Å²) in [4.78, 5) is 25.2. The van der Waals surface area contributed by atoms with Crippen LogP contribution in [-0.2, 0) is 21.2 Å². The maximum absolute atomic E-state index is 13.4. The number of nitrogens with zero attached hydrogens (tertiary/aromatic N) is 3. The molecule has 0 aliphatic carbocycles. The predicted molar refractivity (Wildman–Crippen MR) is 117 cm³/mol. The lowest BCUT2D eigenvalue weighted by atomic mass is 10.0. The first-order valence-electron chi connectivity index (χ1n) is 9.97. The van der Waals surface area contributed by atoms with Crippen LogP contribution in [0.25, 0.3) is 0 Å². The molecule has 0 fully saturated rings. The van der Waals surface area contributed by atoms with Gasteiger partial charge in [0.15, 0.2) is 0 Å². The van der Waals surface area contributed by atoms with E-state index in [-0.39, 0.29) is 35.4 Å². The maximum Gasteiger partial charge on any atom is 0.269 e. The topological polar surface area (TPSA) is 101 Å². The molecular weight excluding hydrogens is 418 g/mol. The highest BCUT2D eigenvalue weighted by Gasteiger charge is 2.38. The Morgan fingerprint density at radius 3 is 2.32 bits per heavy atom. The van der Waals surface area contributed by atoms with Crippen molar-refractivity contribution in [3.05, 3.63) is 82.6 Å². The molecule has 0 N–H and O–H groups in total. The molecule has 0 unspecified atom stereocenters. The van der Waals surface area contributed by atoms with Crippen LogP contribution in [0.3, 0.4) is 0 Å². The van der Waals surface area contributed by atoms with Gasteiger partial charge in [0.25, 0.3) is 5.69 Å². The smallest absolute Gasteiger partial charge is 0.269 e. The van der Waals surface area contributed by atoms with E-state index in [1.54, 1.807) is 17.2 Å². The molecule has 9 heteroatoms. The van der Waals surface area contributed by atoms with Gasteiger partial charge in [-0.3, -0.25) is 14.9 Å². The Balaban J connectivity index is 2.00. The Labute approximate surface area is 182 Å². The first kappa shape index (κ1) is 22.6. The van der Waals surface area contributed by atoms with Crippen molar-refractivity contribution in [2.75, 3.05) is 13.1 Å². The zero-order valence-electron chi connectivity index (χ0n) is 17.4. The lowest BCUT2D eigenvalue weighted by Gasteiger charge is -2.30. The fraction of sp³-hybridized carbons (Fsp3) is 0.318. The van der Waals surface area contributed by atoms with Gasteiger partial charge in [-0.05, 0) is 30.0 Å². The minimum absolute atomic E-state index is 0.0250. The van der Waals surface area contributed by atoms with Crippen molar-refractivity contribution in [2.45, 2.75) is 31.2 Å². The van der Waals surface area contributed by atoms with Gasteiger partial charge < -0.3 is 4.90 Å². The molecule has 8 nitrogen and oxygen atoms in total. The molecule has 0 saturated carbocycles. The number of rotatable bonds is 7. The van der Waals surface area contributed by atoms with E-state index in [2.05, 4.69) is 0 Å². The Morgan fingerprint density at radius 2 is 1.74 bits per heavy atom. The number of sulfonamides is 1. The Morgan fingerprint density at radius 1 is 1.10 bits per heavy atom. The highest BCUT2D eigenvalue weighted by atomic mass is 32.2. The van der Waals surface area contributed by atoms with E-state index in [1.807, 2.05) is 44.2 Å². The molecule has 1 atom stereocenters. The number of nitro benzene ring substituents is 1. The van der Waals surface area contributed by atoms with Crippen LogP contribution in [-0.4, -0.2) is 47.6 Å². The Kier molecular flexibility index (Phi) is 6.87. The van der Waals surface area contributed by atoms with Crippen LogP contribution in [0.2, 0.25) is 0 Å². The van der Waals surface area contributed by atoms with E-state index < -0.39 is 21.0 Å². The first-order valence-corrected chi connectivity index (χ1v) is 11.4. The quantitative estimate of drug-likeness (QED) is 0.483. The van der Waals surface area contributed by atoms with Gasteiger partial charge in [0.05, 0.1) is 9.82 Å². The second-order valence-electron chi connectivity index (χ2n) is 7.80. The highest BCUT2D eigenvalue weighted by molar-refractivity contribution is 7.89. The van der Waals surface area contributed by atoms with Gasteiger partial charge in [0.2, 0.25) is 15.9 Å². The third kappa shape index (κ3) is 5.18. The molecule has 2 aromatic rings. The van der Waals surface area contributed by atoms with Crippen LogP contribution in [0.15, 0.2) is 71.8 Å². The molecule has 0 spiro atoms. The number of hydrogen-bond donors (Lipinski definition) is 0. The van der Waals surface area contributed by atoms with Crippen LogP contribution < -0.4 is 0 Å². The van der Waals surface area contributed by atoms with Crippen molar-refractivity contribution in [1.82, 2.24) is 9.21 Å². The summed E-state index contributed by atoms with van der Waals surface area (Å²) >= 11 is 0. The van der Waals surface area contributed by atoms with Crippen molar-refractivity contribution in [3.63, 3.8) is 0 Å². The maximum atomic E-state index is 13.4. The van der Waals surface area contributed by atoms with Crippen LogP contribution in [0.4, 0.5) is 5.69 Å². The number of amides is 1. The van der Waals surface area contributed by atoms with Gasteiger partial charge >= 0.3 is 0 Å². The van der Waals surface area contributed by atoms with Crippen LogP contribution in [0.5, 0.6) is 0 Å². The minimum atomic E-state index is -4.07. The summed E-state index contributed by atoms with van der Waals surface area (Å²) in [6.45, 7) is 4.48. The minimum Gasteiger partial charge on any atom is -0.318 e. The lowest BCUT2D eigenvalue weighted by molar-refractivity contribution is -0.384. The predicted octanol–water partition coefficient (Wildman–Crippen LogP) is 3.21. The molecule has 0 radical (unpaired) electrons. The summed E-state index contributed by atoms with van der Waals surface area (Å²) in [5, 5.41) is 10.9. The summed E-state index contributed by atoms with van der Waals surface area (Å²) in [5.41, 5.74) is 0.644. The Bertz CT molecular complexity index is 1070. The number of non-ortho nitro benzene ring substituents is 1. The third-order valence-electron chi connectivity index (χ3n) is 4.97. The van der Waals surface area contributed by atoms with E-state index in [0.29, 0.717) is 6.54 Å². The monoisotopic (exact) mass is 443 g/mol. The van der Waals surface area contributed by atoms with E-state index in [1.165, 1.54) is 16.4 Å². The number of carbonyl (C=O) groups excluding carboxylic acids is 1. The fourth-order valence-electron chi connectivity index (χ4n) is 3.51. The summed E-state index contributed by atoms with van der Waals surface area (Å²) in [5.74, 6) is -0.0828. The van der Waals surface area contributed by atoms with Crippen LogP contribution in [0, 0.1) is 16.0 Å². The molecule has 1 aliphatic rings. The number of carbonyl (C=O) groups is 1. The molecule has 0 aromatic heterocycles. The zero-order chi connectivity index (χ0) is 22.6. The summed E-state index contributed by atoms with van der Waals surface area (Å²) in [6, 6.07) is 13.0. The van der Waals surface area contributed by atoms with Gasteiger partial charge in [-0.1, -0.05) is 50.3 Å². The van der Waals surface area contributed by atoms with Gasteiger partial charge in [0.1, 0.15) is 6.04 Å². The largest absolute Gasteiger partial charge is 0.318 e. The first-order chi connectivity index (χ1) is 14.7. The standard InChI is InChI=1S/C22H25N3O5S/c1-17(2)16-23-13-6-14-24(21(22(23)26)15-18-7-4-3-5-8-18)31(29,30)20-11-9-19(10-12-20)25(27)28/h3-13,17,21H,14-16H2,1-2H3/t21-/m0/s1. The average molecular weight is 444 g/mol. The van der Waals surface area contributed by atoms with Crippen molar-refractivity contribution < 1.29 is 18.1 Å². The van der Waals surface area contributed by atoms with E-state index in [4.69, 9.17) is 0 Å². The highest BCUT2D eigenvalue weighted by Crippen LogP contribution is 2.25. The summed E-state index contributed by atoms with van der Waals surface area (Å²) < 4.78 is 28.1. The molecule has 1 heterocycles. The van der Waals surface area contributed by atoms with E-state index >= 15 is 0 Å². The average Bonchev–Trinajstić information content (AvgIpc) is 2.88. The van der Waals surface area contributed by atoms with Gasteiger partial charge in [-0.2, -0.15) is 4.31 Å². The van der Waals surface area contributed by atoms with Crippen molar-refractivity contribution in [1.29, 1.82) is 0 Å². The molecule has 31 heavy (non-hydrogen) atoms. The van der Waals surface area contributed by atoms with Crippen molar-refractivity contribution in [2.24, 2.45) is 5.92 Å². The van der Waals surface area contributed by atoms with Gasteiger partial charge in [0, 0.05) is 31.4 Å². The van der Waals surface area contributed by atoms with E-state index in [9.17, 15) is 23.3 Å². The van der Waals surface area contributed by atoms with Gasteiger partial charge in [-0.25, -0.2) is 8.42 Å². The Hall–Kier alpha value is -3.04. The second-order valence-corrected chi connectivity index (χ2v) is 9.69. The van der Waals surface area contributed by atoms with Gasteiger partial charge in [-0.15, -0.1) is 0 Å². The number of hydrogen-bond acceptors (Lipinski definition) is 5. The third-order valence-corrected chi connectivity index (χ3v) is 6.86. The molecule has 0 saturated heterocycles. The van der Waals surface area contributed by atoms with E-state index in [0.717, 1.165) is 17.7 Å².